The van der Waals surface area contributed by atoms with Gasteiger partial charge in [-0.15, -0.1) is 0 Å². The van der Waals surface area contributed by atoms with Crippen molar-refractivity contribution in [1.29, 1.82) is 0 Å². The van der Waals surface area contributed by atoms with Crippen molar-refractivity contribution in [2.75, 3.05) is 19.8 Å². The van der Waals surface area contributed by atoms with Crippen LogP contribution in [0.15, 0.2) is 0 Å². The number of hydrogen-bond donors (Lipinski definition) is 5. The molecule has 0 heterocycles. The largest absolute Gasteiger partial charge is 0.393 e. The van der Waals surface area contributed by atoms with Crippen molar-refractivity contribution < 1.29 is 19.4 Å². The minimum Gasteiger partial charge on any atom is -0.393 e. The number of ether oxygens (including phenoxy) is 1. The van der Waals surface area contributed by atoms with Gasteiger partial charge in [0.1, 0.15) is 6.73 Å². The van der Waals surface area contributed by atoms with E-state index in [0.717, 1.165) is 32.1 Å². The summed E-state index contributed by atoms with van der Waals surface area (Å²) in [5.41, 5.74) is 5.42. The Kier molecular flexibility index (Phi) is 5.98. The smallest absolute Gasteiger partial charge is 0.315 e. The summed E-state index contributed by atoms with van der Waals surface area (Å²) in [5, 5.41) is 14.5. The Morgan fingerprint density at radius 2 is 2.00 bits per heavy atom. The SMILES string of the molecule is CCNC(=O)NCC(=O)NNCOC1CC12CCC(O)CC2. The van der Waals surface area contributed by atoms with E-state index in [0.29, 0.717) is 6.54 Å². The van der Waals surface area contributed by atoms with E-state index >= 15 is 0 Å². The predicted octanol–water partition coefficient (Wildman–Crippen LogP) is -0.406. The molecule has 8 nitrogen and oxygen atoms in total. The van der Waals surface area contributed by atoms with Crippen LogP contribution in [0.1, 0.15) is 39.0 Å². The van der Waals surface area contributed by atoms with Crippen LogP contribution in [-0.4, -0.2) is 49.1 Å². The summed E-state index contributed by atoms with van der Waals surface area (Å²) in [6.45, 7) is 2.46. The van der Waals surface area contributed by atoms with Crippen LogP contribution in [0, 0.1) is 5.41 Å². The molecule has 0 aromatic carbocycles. The highest BCUT2D eigenvalue weighted by molar-refractivity contribution is 5.83. The van der Waals surface area contributed by atoms with Crippen LogP contribution in [0.25, 0.3) is 0 Å². The maximum Gasteiger partial charge on any atom is 0.315 e. The average Bonchev–Trinajstić information content (AvgIpc) is 3.18. The van der Waals surface area contributed by atoms with Crippen LogP contribution in [0.5, 0.6) is 0 Å². The number of rotatable bonds is 7. The molecule has 126 valence electrons. The lowest BCUT2D eigenvalue weighted by molar-refractivity contribution is -0.121. The van der Waals surface area contributed by atoms with Crippen molar-refractivity contribution >= 4 is 11.9 Å². The molecular formula is C14H26N4O4. The minimum absolute atomic E-state index is 0.0932. The van der Waals surface area contributed by atoms with E-state index in [2.05, 4.69) is 21.5 Å². The van der Waals surface area contributed by atoms with Gasteiger partial charge in [0.25, 0.3) is 5.91 Å². The first-order chi connectivity index (χ1) is 10.6. The van der Waals surface area contributed by atoms with Crippen molar-refractivity contribution in [2.45, 2.75) is 51.2 Å². The van der Waals surface area contributed by atoms with Gasteiger partial charge >= 0.3 is 6.03 Å². The third-order valence-electron chi connectivity index (χ3n) is 4.40. The van der Waals surface area contributed by atoms with E-state index in [4.69, 9.17) is 4.74 Å². The predicted molar refractivity (Wildman–Crippen MR) is 79.6 cm³/mol. The van der Waals surface area contributed by atoms with Gasteiger partial charge in [0.2, 0.25) is 0 Å². The second kappa shape index (κ2) is 7.75. The Labute approximate surface area is 130 Å². The number of aliphatic hydroxyl groups is 1. The van der Waals surface area contributed by atoms with Gasteiger partial charge in [0.15, 0.2) is 0 Å². The number of urea groups is 1. The molecule has 0 aromatic rings. The number of nitrogens with one attached hydrogen (secondary N) is 4. The summed E-state index contributed by atoms with van der Waals surface area (Å²) in [6, 6.07) is -0.367. The van der Waals surface area contributed by atoms with Crippen molar-refractivity contribution in [1.82, 2.24) is 21.5 Å². The zero-order valence-electron chi connectivity index (χ0n) is 13.0. The summed E-state index contributed by atoms with van der Waals surface area (Å²) >= 11 is 0. The Bertz CT molecular complexity index is 396. The second-order valence-electron chi connectivity index (χ2n) is 6.04. The lowest BCUT2D eigenvalue weighted by Crippen LogP contribution is -2.46. The summed E-state index contributed by atoms with van der Waals surface area (Å²) in [5.74, 6) is -0.332. The number of carbonyl (C=O) groups is 2. The number of hydrogen-bond acceptors (Lipinski definition) is 5. The van der Waals surface area contributed by atoms with E-state index in [1.165, 1.54) is 0 Å². The van der Waals surface area contributed by atoms with Crippen LogP contribution in [-0.2, 0) is 9.53 Å². The molecular weight excluding hydrogens is 288 g/mol. The Morgan fingerprint density at radius 3 is 2.68 bits per heavy atom. The second-order valence-corrected chi connectivity index (χ2v) is 6.04. The zero-order chi connectivity index (χ0) is 16.0. The first kappa shape index (κ1) is 17.0. The summed E-state index contributed by atoms with van der Waals surface area (Å²) in [6.07, 6.45) is 4.85. The molecule has 1 atom stereocenters. The maximum atomic E-state index is 11.4. The van der Waals surface area contributed by atoms with Crippen molar-refractivity contribution in [3.63, 3.8) is 0 Å². The summed E-state index contributed by atoms with van der Waals surface area (Å²) in [4.78, 5) is 22.5. The monoisotopic (exact) mass is 314 g/mol. The molecule has 0 radical (unpaired) electrons. The molecule has 8 heteroatoms. The van der Waals surface area contributed by atoms with Gasteiger partial charge in [-0.25, -0.2) is 10.2 Å². The van der Waals surface area contributed by atoms with Gasteiger partial charge in [-0.3, -0.25) is 10.2 Å². The lowest BCUT2D eigenvalue weighted by Gasteiger charge is -2.26. The molecule has 2 aliphatic rings. The fraction of sp³-hybridized carbons (Fsp3) is 0.857. The van der Waals surface area contributed by atoms with E-state index in [9.17, 15) is 14.7 Å². The van der Waals surface area contributed by atoms with Crippen molar-refractivity contribution in [3.05, 3.63) is 0 Å². The molecule has 2 fully saturated rings. The van der Waals surface area contributed by atoms with Crippen LogP contribution in [0.4, 0.5) is 4.79 Å². The fourth-order valence-corrected chi connectivity index (χ4v) is 2.95. The third-order valence-corrected chi connectivity index (χ3v) is 4.40. The van der Waals surface area contributed by atoms with Gasteiger partial charge in [-0.05, 0) is 44.4 Å². The third kappa shape index (κ3) is 4.82. The molecule has 22 heavy (non-hydrogen) atoms. The molecule has 5 N–H and O–H groups in total. The lowest BCUT2D eigenvalue weighted by atomic mass is 9.84. The van der Waals surface area contributed by atoms with Gasteiger partial charge in [0, 0.05) is 6.54 Å². The number of hydrazine groups is 1. The van der Waals surface area contributed by atoms with Gasteiger partial charge in [0.05, 0.1) is 18.8 Å². The number of carbonyl (C=O) groups excluding carboxylic acids is 2. The average molecular weight is 314 g/mol. The highest BCUT2D eigenvalue weighted by Gasteiger charge is 2.55. The van der Waals surface area contributed by atoms with E-state index in [-0.39, 0.29) is 42.8 Å². The molecule has 2 rings (SSSR count). The highest BCUT2D eigenvalue weighted by Crippen LogP contribution is 2.57. The first-order valence-corrected chi connectivity index (χ1v) is 7.89. The molecule has 2 aliphatic carbocycles. The Morgan fingerprint density at radius 1 is 1.27 bits per heavy atom. The van der Waals surface area contributed by atoms with E-state index in [1.807, 2.05) is 0 Å². The molecule has 0 saturated heterocycles. The molecule has 3 amide bonds. The van der Waals surface area contributed by atoms with E-state index in [1.54, 1.807) is 6.92 Å². The van der Waals surface area contributed by atoms with Crippen LogP contribution in [0.2, 0.25) is 0 Å². The van der Waals surface area contributed by atoms with Crippen molar-refractivity contribution in [3.8, 4) is 0 Å². The number of aliphatic hydroxyl groups excluding tert-OH is 1. The molecule has 0 aliphatic heterocycles. The quantitative estimate of drug-likeness (QED) is 0.249. The highest BCUT2D eigenvalue weighted by atomic mass is 16.5. The summed E-state index contributed by atoms with van der Waals surface area (Å²) < 4.78 is 5.69. The normalized spacial score (nSPS) is 29.9. The van der Waals surface area contributed by atoms with Crippen molar-refractivity contribution in [2.24, 2.45) is 5.41 Å². The molecule has 1 spiro atoms. The molecule has 1 unspecified atom stereocenters. The summed E-state index contributed by atoms with van der Waals surface area (Å²) in [7, 11) is 0. The topological polar surface area (TPSA) is 112 Å². The standard InChI is InChI=1S/C14H26N4O4/c1-2-15-13(21)16-8-12(20)18-17-9-22-11-7-14(11)5-3-10(19)4-6-14/h10-11,17,19H,2-9H2,1H3,(H,18,20)(H2,15,16,21). The number of amides is 3. The molecule has 0 bridgehead atoms. The van der Waals surface area contributed by atoms with Crippen LogP contribution in [0.3, 0.4) is 0 Å². The minimum atomic E-state index is -0.367. The first-order valence-electron chi connectivity index (χ1n) is 7.89. The molecule has 2 saturated carbocycles. The van der Waals surface area contributed by atoms with Gasteiger partial charge in [-0.1, -0.05) is 0 Å². The van der Waals surface area contributed by atoms with Crippen LogP contribution >= 0.6 is 0 Å². The van der Waals surface area contributed by atoms with Gasteiger partial charge in [-0.2, -0.15) is 0 Å². The fourth-order valence-electron chi connectivity index (χ4n) is 2.95. The Balaban J connectivity index is 1.50. The van der Waals surface area contributed by atoms with Gasteiger partial charge < -0.3 is 20.5 Å². The zero-order valence-corrected chi connectivity index (χ0v) is 13.0. The van der Waals surface area contributed by atoms with E-state index < -0.39 is 0 Å². The molecule has 0 aromatic heterocycles. The van der Waals surface area contributed by atoms with Crippen LogP contribution < -0.4 is 21.5 Å². The maximum absolute atomic E-state index is 11.4. The Hall–Kier alpha value is -1.38.